The molecule has 1 aliphatic heterocycles. The maximum Gasteiger partial charge on any atom is 0.0243 e. The summed E-state index contributed by atoms with van der Waals surface area (Å²) in [6.07, 6.45) is 9.12. The first-order valence-corrected chi connectivity index (χ1v) is 8.86. The van der Waals surface area contributed by atoms with Gasteiger partial charge < -0.3 is 11.1 Å². The maximum absolute atomic E-state index is 5.34. The van der Waals surface area contributed by atoms with Gasteiger partial charge in [0.25, 0.3) is 0 Å². The summed E-state index contributed by atoms with van der Waals surface area (Å²) in [6.45, 7) is 4.64. The maximum atomic E-state index is 5.34. The van der Waals surface area contributed by atoms with Crippen molar-refractivity contribution in [1.29, 1.82) is 0 Å². The van der Waals surface area contributed by atoms with Crippen molar-refractivity contribution in [2.24, 2.45) is 5.73 Å². The fourth-order valence-corrected chi connectivity index (χ4v) is 2.73. The number of aryl methyl sites for hydroxylation is 1. The molecule has 0 radical (unpaired) electrons. The van der Waals surface area contributed by atoms with Crippen molar-refractivity contribution in [3.05, 3.63) is 53.6 Å². The number of benzene rings is 2. The van der Waals surface area contributed by atoms with Crippen LogP contribution in [-0.4, -0.2) is 20.1 Å². The van der Waals surface area contributed by atoms with Gasteiger partial charge in [-0.25, -0.2) is 0 Å². The van der Waals surface area contributed by atoms with E-state index in [0.717, 1.165) is 16.9 Å². The van der Waals surface area contributed by atoms with Crippen LogP contribution < -0.4 is 11.1 Å². The summed E-state index contributed by atoms with van der Waals surface area (Å²) in [5.41, 5.74) is 9.08. The van der Waals surface area contributed by atoms with Crippen LogP contribution in [0.25, 0.3) is 11.1 Å². The van der Waals surface area contributed by atoms with Gasteiger partial charge in [-0.1, -0.05) is 37.1 Å². The number of hydrogen-bond donors (Lipinski definition) is 3. The topological polar surface area (TPSA) is 38.0 Å². The molecule has 0 unspecified atom stereocenters. The van der Waals surface area contributed by atoms with E-state index < -0.39 is 0 Å². The second kappa shape index (κ2) is 11.8. The zero-order valence-corrected chi connectivity index (χ0v) is 15.6. The van der Waals surface area contributed by atoms with Crippen molar-refractivity contribution in [1.82, 2.24) is 5.32 Å². The largest absolute Gasteiger partial charge is 0.333 e. The molecule has 3 heteroatoms. The van der Waals surface area contributed by atoms with E-state index >= 15 is 0 Å². The van der Waals surface area contributed by atoms with Crippen LogP contribution in [0.1, 0.15) is 30.9 Å². The molecule has 1 saturated heterocycles. The molecule has 2 aromatic rings. The Hall–Kier alpha value is -1.73. The monoisotopic (exact) mass is 340 g/mol. The molecule has 0 spiro atoms. The van der Waals surface area contributed by atoms with Gasteiger partial charge in [-0.2, -0.15) is 0 Å². The van der Waals surface area contributed by atoms with E-state index in [-0.39, 0.29) is 0 Å². The molecule has 1 aliphatic rings. The van der Waals surface area contributed by atoms with E-state index in [1.807, 2.05) is 18.2 Å². The Kier molecular flexibility index (Phi) is 9.95. The van der Waals surface area contributed by atoms with Crippen molar-refractivity contribution in [3.8, 4) is 23.5 Å². The van der Waals surface area contributed by atoms with Gasteiger partial charge in [0.15, 0.2) is 0 Å². The first kappa shape index (κ1) is 20.3. The molecule has 1 heterocycles. The highest BCUT2D eigenvalue weighted by molar-refractivity contribution is 7.80. The van der Waals surface area contributed by atoms with Crippen molar-refractivity contribution in [3.63, 3.8) is 0 Å². The van der Waals surface area contributed by atoms with Crippen LogP contribution in [0.5, 0.6) is 0 Å². The molecule has 128 valence electrons. The molecule has 0 aliphatic carbocycles. The Labute approximate surface area is 152 Å². The van der Waals surface area contributed by atoms with E-state index in [1.54, 1.807) is 0 Å². The summed E-state index contributed by atoms with van der Waals surface area (Å²) in [6, 6.07) is 14.4. The highest BCUT2D eigenvalue weighted by Gasteiger charge is 2.01. The summed E-state index contributed by atoms with van der Waals surface area (Å²) >= 11 is 4.44. The number of nitrogens with two attached hydrogens (primary N) is 1. The van der Waals surface area contributed by atoms with E-state index in [1.165, 1.54) is 49.7 Å². The van der Waals surface area contributed by atoms with Gasteiger partial charge in [-0.05, 0) is 74.3 Å². The summed E-state index contributed by atoms with van der Waals surface area (Å²) in [5, 5.41) is 3.22. The van der Waals surface area contributed by atoms with Crippen LogP contribution in [0.15, 0.2) is 47.4 Å². The highest BCUT2D eigenvalue weighted by Crippen LogP contribution is 2.24. The van der Waals surface area contributed by atoms with Crippen LogP contribution in [0.4, 0.5) is 0 Å². The minimum Gasteiger partial charge on any atom is -0.333 e. The van der Waals surface area contributed by atoms with E-state index in [0.29, 0.717) is 0 Å². The van der Waals surface area contributed by atoms with Crippen molar-refractivity contribution in [2.75, 3.05) is 20.1 Å². The quantitative estimate of drug-likeness (QED) is 0.568. The molecule has 2 aromatic carbocycles. The minimum atomic E-state index is 0.912. The molecule has 1 fully saturated rings. The minimum absolute atomic E-state index is 0.912. The Morgan fingerprint density at radius 3 is 2.08 bits per heavy atom. The van der Waals surface area contributed by atoms with Gasteiger partial charge in [0.1, 0.15) is 0 Å². The molecular weight excluding hydrogens is 312 g/mol. The lowest BCUT2D eigenvalue weighted by atomic mass is 10.0. The zero-order valence-electron chi connectivity index (χ0n) is 14.7. The SMILES string of the molecule is C#Cc1ccc(-c2ccc(S)c(CC)c2)cc1.C1CCNC1.CN. The molecule has 3 N–H and O–H groups in total. The third kappa shape index (κ3) is 6.41. The van der Waals surface area contributed by atoms with Gasteiger partial charge in [0.05, 0.1) is 0 Å². The van der Waals surface area contributed by atoms with Crippen LogP contribution in [0.3, 0.4) is 0 Å². The Balaban J connectivity index is 0.000000346. The standard InChI is InChI=1S/C16H14S.C4H9N.CH5N/c1-3-12-5-7-14(8-6-12)15-9-10-16(17)13(4-2)11-15;1-2-4-5-3-1;1-2/h1,5-11,17H,4H2,2H3;5H,1-4H2;2H2,1H3. The first-order valence-electron chi connectivity index (χ1n) is 8.42. The van der Waals surface area contributed by atoms with Crippen LogP contribution in [0.2, 0.25) is 0 Å². The molecule has 0 atom stereocenters. The zero-order chi connectivity index (χ0) is 17.8. The van der Waals surface area contributed by atoms with Crippen molar-refractivity contribution < 1.29 is 0 Å². The van der Waals surface area contributed by atoms with Gasteiger partial charge in [0, 0.05) is 10.5 Å². The molecule has 0 bridgehead atoms. The van der Waals surface area contributed by atoms with Crippen LogP contribution >= 0.6 is 12.6 Å². The van der Waals surface area contributed by atoms with E-state index in [2.05, 4.69) is 60.8 Å². The predicted octanol–water partition coefficient (Wildman–Crippen LogP) is 4.13. The van der Waals surface area contributed by atoms with Gasteiger partial charge in [-0.15, -0.1) is 19.1 Å². The van der Waals surface area contributed by atoms with Gasteiger partial charge >= 0.3 is 0 Å². The molecule has 24 heavy (non-hydrogen) atoms. The van der Waals surface area contributed by atoms with E-state index in [9.17, 15) is 0 Å². The summed E-state index contributed by atoms with van der Waals surface area (Å²) in [4.78, 5) is 1.05. The summed E-state index contributed by atoms with van der Waals surface area (Å²) in [7, 11) is 1.50. The average Bonchev–Trinajstić information content (AvgIpc) is 3.24. The van der Waals surface area contributed by atoms with Gasteiger partial charge in [0.2, 0.25) is 0 Å². The Morgan fingerprint density at radius 1 is 1.04 bits per heavy atom. The Bertz CT molecular complexity index is 630. The number of nitrogens with one attached hydrogen (secondary N) is 1. The molecule has 0 aromatic heterocycles. The average molecular weight is 341 g/mol. The molecule has 3 rings (SSSR count). The van der Waals surface area contributed by atoms with Gasteiger partial charge in [-0.3, -0.25) is 0 Å². The number of terminal acetylenes is 1. The Morgan fingerprint density at radius 2 is 1.62 bits per heavy atom. The summed E-state index contributed by atoms with van der Waals surface area (Å²) < 4.78 is 0. The lowest BCUT2D eigenvalue weighted by molar-refractivity contribution is 0.857. The third-order valence-electron chi connectivity index (χ3n) is 3.80. The fraction of sp³-hybridized carbons (Fsp3) is 0.333. The fourth-order valence-electron chi connectivity index (χ4n) is 2.43. The smallest absolute Gasteiger partial charge is 0.0243 e. The van der Waals surface area contributed by atoms with Crippen LogP contribution in [0, 0.1) is 12.3 Å². The molecular formula is C21H28N2S. The number of hydrogen-bond acceptors (Lipinski definition) is 3. The van der Waals surface area contributed by atoms with Crippen molar-refractivity contribution in [2.45, 2.75) is 31.1 Å². The second-order valence-corrected chi connectivity index (χ2v) is 5.86. The normalized spacial score (nSPS) is 12.3. The van der Waals surface area contributed by atoms with E-state index in [4.69, 9.17) is 6.42 Å². The number of thiol groups is 1. The van der Waals surface area contributed by atoms with Crippen LogP contribution in [-0.2, 0) is 6.42 Å². The molecule has 0 amide bonds. The summed E-state index contributed by atoms with van der Waals surface area (Å²) in [5.74, 6) is 2.63. The highest BCUT2D eigenvalue weighted by atomic mass is 32.1. The molecule has 2 nitrogen and oxygen atoms in total. The lowest BCUT2D eigenvalue weighted by Gasteiger charge is -2.07. The lowest BCUT2D eigenvalue weighted by Crippen LogP contribution is -2.03. The van der Waals surface area contributed by atoms with Crippen molar-refractivity contribution >= 4 is 12.6 Å². The third-order valence-corrected chi connectivity index (χ3v) is 4.24. The predicted molar refractivity (Wildman–Crippen MR) is 109 cm³/mol. The second-order valence-electron chi connectivity index (χ2n) is 5.38. The number of rotatable bonds is 2. The molecule has 0 saturated carbocycles. The first-order chi connectivity index (χ1) is 11.7.